The largest absolute Gasteiger partial charge is 0.474 e. The van der Waals surface area contributed by atoms with Crippen LogP contribution in [0.4, 0.5) is 0 Å². The van der Waals surface area contributed by atoms with Gasteiger partial charge in [-0.05, 0) is 17.5 Å². The van der Waals surface area contributed by atoms with Gasteiger partial charge in [-0.3, -0.25) is 9.67 Å². The lowest BCUT2D eigenvalue weighted by Gasteiger charge is -2.24. The Hall–Kier alpha value is -1.92. The van der Waals surface area contributed by atoms with Crippen molar-refractivity contribution >= 4 is 17.3 Å². The van der Waals surface area contributed by atoms with Gasteiger partial charge in [0.2, 0.25) is 5.88 Å². The number of halogens is 1. The van der Waals surface area contributed by atoms with Crippen LogP contribution in [-0.4, -0.2) is 39.8 Å². The van der Waals surface area contributed by atoms with Crippen molar-refractivity contribution in [2.75, 3.05) is 13.2 Å². The Bertz CT molecular complexity index is 825. The van der Waals surface area contributed by atoms with Crippen LogP contribution in [-0.2, 0) is 17.8 Å². The Balaban J connectivity index is 1.64. The molecule has 7 heteroatoms. The van der Waals surface area contributed by atoms with Crippen molar-refractivity contribution in [3.05, 3.63) is 40.3 Å². The maximum absolute atomic E-state index is 6.22. The summed E-state index contributed by atoms with van der Waals surface area (Å²) in [4.78, 5) is 9.19. The molecule has 0 amide bonds. The molecule has 0 N–H and O–H groups in total. The van der Waals surface area contributed by atoms with E-state index in [4.69, 9.17) is 26.1 Å². The van der Waals surface area contributed by atoms with Crippen LogP contribution in [0, 0.1) is 5.92 Å². The second kappa shape index (κ2) is 7.37. The van der Waals surface area contributed by atoms with Crippen LogP contribution in [0.1, 0.15) is 43.4 Å². The predicted molar refractivity (Wildman–Crippen MR) is 100 cm³/mol. The molecular formula is C19H23ClN4O2. The van der Waals surface area contributed by atoms with E-state index in [1.807, 2.05) is 23.1 Å². The van der Waals surface area contributed by atoms with E-state index in [0.29, 0.717) is 23.5 Å². The van der Waals surface area contributed by atoms with E-state index in [0.717, 1.165) is 55.0 Å². The Morgan fingerprint density at radius 2 is 2.15 bits per heavy atom. The molecule has 0 spiro atoms. The first-order valence-corrected chi connectivity index (χ1v) is 9.49. The van der Waals surface area contributed by atoms with Gasteiger partial charge in [0, 0.05) is 31.1 Å². The van der Waals surface area contributed by atoms with Gasteiger partial charge in [0.05, 0.1) is 37.2 Å². The van der Waals surface area contributed by atoms with Gasteiger partial charge in [-0.15, -0.1) is 0 Å². The molecule has 2 aromatic heterocycles. The average molecular weight is 375 g/mol. The first-order valence-electron chi connectivity index (χ1n) is 9.11. The van der Waals surface area contributed by atoms with Gasteiger partial charge in [0.1, 0.15) is 11.3 Å². The van der Waals surface area contributed by atoms with Gasteiger partial charge in [0.15, 0.2) is 0 Å². The topological polar surface area (TPSA) is 61.5 Å². The molecular weight excluding hydrogens is 352 g/mol. The maximum atomic E-state index is 6.22. The number of rotatable bonds is 5. The van der Waals surface area contributed by atoms with Crippen molar-refractivity contribution in [1.29, 1.82) is 0 Å². The van der Waals surface area contributed by atoms with Gasteiger partial charge in [-0.2, -0.15) is 5.10 Å². The van der Waals surface area contributed by atoms with Gasteiger partial charge >= 0.3 is 0 Å². The molecule has 0 aliphatic carbocycles. The third-order valence-corrected chi connectivity index (χ3v) is 4.78. The summed E-state index contributed by atoms with van der Waals surface area (Å²) in [5.41, 5.74) is 3.88. The molecule has 138 valence electrons. The number of pyridine rings is 1. The lowest BCUT2D eigenvalue weighted by atomic mass is 10.0. The summed E-state index contributed by atoms with van der Waals surface area (Å²) in [6, 6.07) is 1.88. The zero-order valence-electron chi connectivity index (χ0n) is 15.1. The fourth-order valence-electron chi connectivity index (χ4n) is 3.39. The van der Waals surface area contributed by atoms with Gasteiger partial charge < -0.3 is 9.47 Å². The molecule has 0 bridgehead atoms. The Labute approximate surface area is 158 Å². The van der Waals surface area contributed by atoms with Crippen molar-refractivity contribution in [1.82, 2.24) is 14.8 Å². The van der Waals surface area contributed by atoms with Crippen molar-refractivity contribution in [3.63, 3.8) is 0 Å². The Kier molecular flexibility index (Phi) is 4.96. The number of ether oxygens (including phenoxy) is 2. The Morgan fingerprint density at radius 3 is 2.92 bits per heavy atom. The zero-order chi connectivity index (χ0) is 18.1. The number of aromatic nitrogens is 3. The second-order valence-electron chi connectivity index (χ2n) is 7.22. The van der Waals surface area contributed by atoms with Crippen molar-refractivity contribution in [3.8, 4) is 5.88 Å². The van der Waals surface area contributed by atoms with Crippen LogP contribution in [0.15, 0.2) is 23.5 Å². The normalized spacial score (nSPS) is 17.5. The summed E-state index contributed by atoms with van der Waals surface area (Å²) in [5, 5.41) is 4.91. The number of nitrogens with zero attached hydrogens (tertiary/aromatic N) is 4. The molecule has 0 aromatic carbocycles. The summed E-state index contributed by atoms with van der Waals surface area (Å²) in [6.07, 6.45) is 5.73. The molecule has 0 radical (unpaired) electrons. The molecule has 2 aliphatic rings. The van der Waals surface area contributed by atoms with E-state index in [1.165, 1.54) is 0 Å². The number of fused-ring (bicyclic) bond motifs is 1. The van der Waals surface area contributed by atoms with Crippen LogP contribution < -0.4 is 4.74 Å². The molecule has 0 unspecified atom stereocenters. The van der Waals surface area contributed by atoms with Crippen LogP contribution >= 0.6 is 11.6 Å². The van der Waals surface area contributed by atoms with Gasteiger partial charge in [-0.25, -0.2) is 4.98 Å². The number of hydrogen-bond donors (Lipinski definition) is 0. The summed E-state index contributed by atoms with van der Waals surface area (Å²) in [7, 11) is 0. The smallest absolute Gasteiger partial charge is 0.225 e. The zero-order valence-corrected chi connectivity index (χ0v) is 15.9. The minimum atomic E-state index is 0.101. The maximum Gasteiger partial charge on any atom is 0.225 e. The lowest BCUT2D eigenvalue weighted by Crippen LogP contribution is -2.27. The summed E-state index contributed by atoms with van der Waals surface area (Å²) >= 11 is 6.22. The summed E-state index contributed by atoms with van der Waals surface area (Å²) in [5.74, 6) is 1.11. The summed E-state index contributed by atoms with van der Waals surface area (Å²) in [6.45, 7) is 7.26. The number of aliphatic imine (C=N–C) groups is 1. The highest BCUT2D eigenvalue weighted by Crippen LogP contribution is 2.33. The molecule has 2 aliphatic heterocycles. The first kappa shape index (κ1) is 17.5. The molecule has 4 heterocycles. The SMILES string of the molecule is CC(C)Cn1cc(C2=NCc3cc(Cl)nc(OC4CCOCC4)c32)cn1. The van der Waals surface area contributed by atoms with Crippen LogP contribution in [0.2, 0.25) is 5.15 Å². The molecule has 0 atom stereocenters. The monoisotopic (exact) mass is 374 g/mol. The quantitative estimate of drug-likeness (QED) is 0.751. The third-order valence-electron chi connectivity index (χ3n) is 4.59. The highest BCUT2D eigenvalue weighted by molar-refractivity contribution is 6.30. The number of hydrogen-bond acceptors (Lipinski definition) is 5. The highest BCUT2D eigenvalue weighted by Gasteiger charge is 2.27. The molecule has 1 saturated heterocycles. The fourth-order valence-corrected chi connectivity index (χ4v) is 3.60. The molecule has 6 nitrogen and oxygen atoms in total. The lowest BCUT2D eigenvalue weighted by molar-refractivity contribution is 0.0236. The van der Waals surface area contributed by atoms with Crippen LogP contribution in [0.25, 0.3) is 0 Å². The molecule has 2 aromatic rings. The minimum Gasteiger partial charge on any atom is -0.474 e. The van der Waals surface area contributed by atoms with E-state index in [1.54, 1.807) is 0 Å². The van der Waals surface area contributed by atoms with Crippen molar-refractivity contribution < 1.29 is 9.47 Å². The predicted octanol–water partition coefficient (Wildman–Crippen LogP) is 3.50. The molecule has 1 fully saturated rings. The van der Waals surface area contributed by atoms with Gasteiger partial charge in [-0.1, -0.05) is 25.4 Å². The first-order chi connectivity index (χ1) is 12.6. The van der Waals surface area contributed by atoms with E-state index >= 15 is 0 Å². The van der Waals surface area contributed by atoms with E-state index in [-0.39, 0.29) is 6.10 Å². The van der Waals surface area contributed by atoms with E-state index in [2.05, 4.69) is 23.9 Å². The van der Waals surface area contributed by atoms with E-state index in [9.17, 15) is 0 Å². The molecule has 0 saturated carbocycles. The molecule has 26 heavy (non-hydrogen) atoms. The summed E-state index contributed by atoms with van der Waals surface area (Å²) < 4.78 is 13.6. The minimum absolute atomic E-state index is 0.101. The van der Waals surface area contributed by atoms with E-state index < -0.39 is 0 Å². The third kappa shape index (κ3) is 3.62. The fraction of sp³-hybridized carbons (Fsp3) is 0.526. The highest BCUT2D eigenvalue weighted by atomic mass is 35.5. The van der Waals surface area contributed by atoms with Crippen molar-refractivity contribution in [2.24, 2.45) is 10.9 Å². The Morgan fingerprint density at radius 1 is 1.35 bits per heavy atom. The second-order valence-corrected chi connectivity index (χ2v) is 7.61. The average Bonchev–Trinajstić information content (AvgIpc) is 3.21. The molecule has 4 rings (SSSR count). The van der Waals surface area contributed by atoms with Gasteiger partial charge in [0.25, 0.3) is 0 Å². The van der Waals surface area contributed by atoms with Crippen LogP contribution in [0.5, 0.6) is 5.88 Å². The van der Waals surface area contributed by atoms with Crippen LogP contribution in [0.3, 0.4) is 0 Å². The van der Waals surface area contributed by atoms with Crippen molar-refractivity contribution in [2.45, 2.75) is 45.9 Å². The standard InChI is InChI=1S/C19H23ClN4O2/c1-12(2)10-24-11-14(9-22-24)18-17-13(8-21-18)7-16(20)23-19(17)26-15-3-5-25-6-4-15/h7,9,11-12,15H,3-6,8,10H2,1-2H3.